The molecule has 0 spiro atoms. The maximum atomic E-state index is 13.8. The van der Waals surface area contributed by atoms with Crippen LogP contribution in [-0.2, 0) is 12.7 Å². The van der Waals surface area contributed by atoms with Crippen molar-refractivity contribution in [1.82, 2.24) is 9.55 Å². The molecule has 11 heteroatoms. The summed E-state index contributed by atoms with van der Waals surface area (Å²) in [6.07, 6.45) is -4.21. The molecule has 6 nitrogen and oxygen atoms in total. The average molecular weight is 425 g/mol. The zero-order valence-electron chi connectivity index (χ0n) is 14.9. The van der Waals surface area contributed by atoms with Crippen LogP contribution < -0.4 is 16.6 Å². The molecule has 1 amide bonds. The van der Waals surface area contributed by atoms with Crippen LogP contribution in [0.3, 0.4) is 0 Å². The number of benzene rings is 2. The van der Waals surface area contributed by atoms with Crippen LogP contribution in [0.5, 0.6) is 0 Å². The molecule has 156 valence electrons. The second kappa shape index (κ2) is 7.93. The van der Waals surface area contributed by atoms with E-state index in [1.807, 2.05) is 5.32 Å². The number of H-pyrrole nitrogens is 1. The van der Waals surface area contributed by atoms with Gasteiger partial charge in [-0.3, -0.25) is 14.2 Å². The Kier molecular flexibility index (Phi) is 5.54. The fourth-order valence-electron chi connectivity index (χ4n) is 2.63. The molecule has 2 aromatic carbocycles. The van der Waals surface area contributed by atoms with Crippen LogP contribution in [0.4, 0.5) is 27.6 Å². The number of amides is 1. The van der Waals surface area contributed by atoms with Gasteiger partial charge in [0.15, 0.2) is 0 Å². The molecule has 0 saturated heterocycles. The lowest BCUT2D eigenvalue weighted by Gasteiger charge is -2.11. The van der Waals surface area contributed by atoms with Crippen molar-refractivity contribution in [2.45, 2.75) is 12.7 Å². The highest BCUT2D eigenvalue weighted by Crippen LogP contribution is 2.33. The number of halogens is 5. The third kappa shape index (κ3) is 4.29. The molecule has 0 aliphatic heterocycles. The van der Waals surface area contributed by atoms with Crippen LogP contribution in [0, 0.1) is 11.6 Å². The van der Waals surface area contributed by atoms with E-state index in [4.69, 9.17) is 0 Å². The van der Waals surface area contributed by atoms with Gasteiger partial charge in [0.05, 0.1) is 12.1 Å². The number of hydrogen-bond acceptors (Lipinski definition) is 3. The van der Waals surface area contributed by atoms with Crippen molar-refractivity contribution in [3.05, 3.63) is 97.8 Å². The number of carbonyl (C=O) groups excluding carboxylic acids is 1. The van der Waals surface area contributed by atoms with Crippen LogP contribution in [0.2, 0.25) is 0 Å². The molecule has 3 rings (SSSR count). The van der Waals surface area contributed by atoms with Gasteiger partial charge in [0.25, 0.3) is 11.5 Å². The summed E-state index contributed by atoms with van der Waals surface area (Å²) in [6, 6.07) is 7.13. The van der Waals surface area contributed by atoms with Crippen molar-refractivity contribution in [3.63, 3.8) is 0 Å². The third-order valence-corrected chi connectivity index (χ3v) is 4.12. The monoisotopic (exact) mass is 425 g/mol. The molecule has 0 bridgehead atoms. The molecule has 0 radical (unpaired) electrons. The second-order valence-electron chi connectivity index (χ2n) is 6.14. The van der Waals surface area contributed by atoms with E-state index >= 15 is 0 Å². The molecule has 0 atom stereocenters. The fraction of sp³-hybridized carbons (Fsp3) is 0.105. The second-order valence-corrected chi connectivity index (χ2v) is 6.14. The van der Waals surface area contributed by atoms with Crippen molar-refractivity contribution in [3.8, 4) is 0 Å². The molecule has 0 unspecified atom stereocenters. The van der Waals surface area contributed by atoms with E-state index in [-0.39, 0.29) is 5.56 Å². The van der Waals surface area contributed by atoms with Crippen molar-refractivity contribution in [2.75, 3.05) is 5.32 Å². The van der Waals surface area contributed by atoms with Gasteiger partial charge in [-0.05, 0) is 24.3 Å². The Morgan fingerprint density at radius 1 is 1.03 bits per heavy atom. The van der Waals surface area contributed by atoms with Crippen molar-refractivity contribution in [1.29, 1.82) is 0 Å². The molecule has 0 saturated carbocycles. The predicted octanol–water partition coefficient (Wildman–Crippen LogP) is 3.13. The summed E-state index contributed by atoms with van der Waals surface area (Å²) in [5, 5.41) is 2.05. The highest BCUT2D eigenvalue weighted by atomic mass is 19.4. The first-order valence-electron chi connectivity index (χ1n) is 8.32. The highest BCUT2D eigenvalue weighted by Gasteiger charge is 2.34. The van der Waals surface area contributed by atoms with E-state index < -0.39 is 58.3 Å². The van der Waals surface area contributed by atoms with Gasteiger partial charge >= 0.3 is 11.9 Å². The molecular weight excluding hydrogens is 413 g/mol. The van der Waals surface area contributed by atoms with Gasteiger partial charge in [0.1, 0.15) is 17.2 Å². The van der Waals surface area contributed by atoms with Gasteiger partial charge in [0.2, 0.25) is 0 Å². The summed E-state index contributed by atoms with van der Waals surface area (Å²) >= 11 is 0. The lowest BCUT2D eigenvalue weighted by molar-refractivity contribution is -0.139. The standard InChI is InChI=1S/C19H12F5N3O3/c20-14-4-2-1-3-10(14)9-27-17(29)12(8-25-18(27)30)16(28)26-11-5-6-15(21)13(7-11)19(22,23)24/h1-8H,9H2,(H,25,30)(H,26,28). The number of nitrogens with zero attached hydrogens (tertiary/aromatic N) is 1. The minimum absolute atomic E-state index is 0.0102. The van der Waals surface area contributed by atoms with E-state index in [9.17, 15) is 36.3 Å². The number of hydrogen-bond donors (Lipinski definition) is 2. The fourth-order valence-corrected chi connectivity index (χ4v) is 2.63. The van der Waals surface area contributed by atoms with Crippen molar-refractivity contribution < 1.29 is 26.7 Å². The van der Waals surface area contributed by atoms with Crippen LogP contribution in [0.25, 0.3) is 0 Å². The van der Waals surface area contributed by atoms with E-state index in [0.29, 0.717) is 16.7 Å². The minimum atomic E-state index is -4.99. The highest BCUT2D eigenvalue weighted by molar-refractivity contribution is 6.03. The molecule has 0 aliphatic carbocycles. The average Bonchev–Trinajstić information content (AvgIpc) is 2.67. The number of aromatic nitrogens is 2. The largest absolute Gasteiger partial charge is 0.419 e. The normalized spacial score (nSPS) is 11.4. The summed E-state index contributed by atoms with van der Waals surface area (Å²) in [5.41, 5.74) is -4.61. The zero-order chi connectivity index (χ0) is 22.1. The maximum absolute atomic E-state index is 13.8. The lowest BCUT2D eigenvalue weighted by Crippen LogP contribution is -2.39. The van der Waals surface area contributed by atoms with E-state index in [1.165, 1.54) is 18.2 Å². The summed E-state index contributed by atoms with van der Waals surface area (Å²) in [5.74, 6) is -3.35. The van der Waals surface area contributed by atoms with Gasteiger partial charge in [-0.15, -0.1) is 0 Å². The molecule has 3 aromatic rings. The summed E-state index contributed by atoms with van der Waals surface area (Å²) in [6.45, 7) is -0.475. The molecular formula is C19H12F5N3O3. The van der Waals surface area contributed by atoms with Gasteiger partial charge in [0, 0.05) is 17.4 Å². The number of alkyl halides is 3. The van der Waals surface area contributed by atoms with E-state index in [0.717, 1.165) is 18.3 Å². The predicted molar refractivity (Wildman–Crippen MR) is 96.2 cm³/mol. The zero-order valence-corrected chi connectivity index (χ0v) is 14.9. The number of carbonyl (C=O) groups is 1. The molecule has 2 N–H and O–H groups in total. The van der Waals surface area contributed by atoms with Crippen molar-refractivity contribution >= 4 is 11.6 Å². The molecule has 1 aromatic heterocycles. The quantitative estimate of drug-likeness (QED) is 0.630. The molecule has 30 heavy (non-hydrogen) atoms. The Labute approximate surface area is 164 Å². The molecule has 1 heterocycles. The Balaban J connectivity index is 1.94. The maximum Gasteiger partial charge on any atom is 0.419 e. The van der Waals surface area contributed by atoms with E-state index in [2.05, 4.69) is 4.98 Å². The van der Waals surface area contributed by atoms with Crippen LogP contribution in [0.15, 0.2) is 58.3 Å². The smallest absolute Gasteiger partial charge is 0.322 e. The summed E-state index contributed by atoms with van der Waals surface area (Å²) in [4.78, 5) is 39.0. The first-order chi connectivity index (χ1) is 14.1. The summed E-state index contributed by atoms with van der Waals surface area (Å²) < 4.78 is 66.2. The Morgan fingerprint density at radius 3 is 2.40 bits per heavy atom. The Hall–Kier alpha value is -3.76. The Bertz CT molecular complexity index is 1230. The van der Waals surface area contributed by atoms with Crippen LogP contribution in [-0.4, -0.2) is 15.5 Å². The van der Waals surface area contributed by atoms with Crippen LogP contribution in [0.1, 0.15) is 21.5 Å². The number of anilines is 1. The number of nitrogens with one attached hydrogen (secondary N) is 2. The van der Waals surface area contributed by atoms with Gasteiger partial charge in [-0.1, -0.05) is 18.2 Å². The minimum Gasteiger partial charge on any atom is -0.322 e. The third-order valence-electron chi connectivity index (χ3n) is 4.12. The SMILES string of the molecule is O=C(Nc1ccc(F)c(C(F)(F)F)c1)c1c[nH]c(=O)n(Cc2ccccc2F)c1=O. The molecule has 0 aliphatic rings. The van der Waals surface area contributed by atoms with Gasteiger partial charge < -0.3 is 10.3 Å². The van der Waals surface area contributed by atoms with Crippen molar-refractivity contribution in [2.24, 2.45) is 0 Å². The number of aromatic amines is 1. The summed E-state index contributed by atoms with van der Waals surface area (Å²) in [7, 11) is 0. The number of rotatable bonds is 4. The van der Waals surface area contributed by atoms with Gasteiger partial charge in [-0.25, -0.2) is 13.6 Å². The first kappa shape index (κ1) is 21.0. The lowest BCUT2D eigenvalue weighted by atomic mass is 10.1. The topological polar surface area (TPSA) is 84.0 Å². The van der Waals surface area contributed by atoms with E-state index in [1.54, 1.807) is 0 Å². The van der Waals surface area contributed by atoms with Gasteiger partial charge in [-0.2, -0.15) is 13.2 Å². The first-order valence-corrected chi connectivity index (χ1v) is 8.32. The molecule has 0 fully saturated rings. The van der Waals surface area contributed by atoms with Crippen LogP contribution >= 0.6 is 0 Å². The Morgan fingerprint density at radius 2 is 1.73 bits per heavy atom.